The standard InChI is InChI=1S/C34H36N4O4S/c1-43(40,41)36-27-13-15-30(16-14-27)42-33-18-11-25(23-35-33)24-37-21-19-29(20-22-37)38(28-8-3-2-4-9-28)34(39)32-17-12-26-7-5-6-10-31(26)32/h2-11,13-16,18,23,29,32,36H,12,17,19-22,24H2,1H3. The lowest BCUT2D eigenvalue weighted by molar-refractivity contribution is -0.120. The number of hydrogen-bond donors (Lipinski definition) is 1. The molecule has 2 heterocycles. The van der Waals surface area contributed by atoms with Gasteiger partial charge in [-0.3, -0.25) is 14.4 Å². The number of amides is 1. The second-order valence-electron chi connectivity index (χ2n) is 11.3. The number of nitrogens with zero attached hydrogens (tertiary/aromatic N) is 3. The highest BCUT2D eigenvalue weighted by atomic mass is 32.2. The first-order valence-electron chi connectivity index (χ1n) is 14.7. The number of pyridine rings is 1. The number of carbonyl (C=O) groups excluding carboxylic acids is 1. The number of sulfonamides is 1. The second-order valence-corrected chi connectivity index (χ2v) is 13.1. The zero-order chi connectivity index (χ0) is 29.8. The van der Waals surface area contributed by atoms with E-state index in [0.717, 1.165) is 62.8 Å². The number of hydrogen-bond acceptors (Lipinski definition) is 6. The minimum absolute atomic E-state index is 0.0802. The summed E-state index contributed by atoms with van der Waals surface area (Å²) < 4.78 is 31.1. The second kappa shape index (κ2) is 12.6. The van der Waals surface area contributed by atoms with E-state index in [4.69, 9.17) is 4.74 Å². The van der Waals surface area contributed by atoms with Crippen molar-refractivity contribution in [2.24, 2.45) is 0 Å². The molecule has 1 amide bonds. The van der Waals surface area contributed by atoms with E-state index < -0.39 is 10.0 Å². The van der Waals surface area contributed by atoms with Gasteiger partial charge in [-0.05, 0) is 78.8 Å². The van der Waals surface area contributed by atoms with Crippen molar-refractivity contribution in [3.05, 3.63) is 114 Å². The van der Waals surface area contributed by atoms with Gasteiger partial charge in [-0.1, -0.05) is 48.5 Å². The lowest BCUT2D eigenvalue weighted by atomic mass is 9.95. The number of nitrogens with one attached hydrogen (secondary N) is 1. The van der Waals surface area contributed by atoms with Gasteiger partial charge in [0.15, 0.2) is 0 Å². The van der Waals surface area contributed by atoms with Crippen molar-refractivity contribution in [3.63, 3.8) is 0 Å². The molecule has 8 nitrogen and oxygen atoms in total. The van der Waals surface area contributed by atoms with Gasteiger partial charge in [0, 0.05) is 49.3 Å². The Bertz CT molecular complexity index is 1650. The van der Waals surface area contributed by atoms with E-state index in [9.17, 15) is 13.2 Å². The van der Waals surface area contributed by atoms with Crippen LogP contribution in [0.3, 0.4) is 0 Å². The van der Waals surface area contributed by atoms with E-state index in [0.29, 0.717) is 17.3 Å². The molecule has 0 spiro atoms. The molecule has 1 N–H and O–H groups in total. The van der Waals surface area contributed by atoms with E-state index in [1.807, 2.05) is 42.6 Å². The third kappa shape index (κ3) is 7.06. The highest BCUT2D eigenvalue weighted by Crippen LogP contribution is 2.37. The first-order valence-corrected chi connectivity index (χ1v) is 16.6. The van der Waals surface area contributed by atoms with Gasteiger partial charge >= 0.3 is 0 Å². The maximum atomic E-state index is 14.1. The average molecular weight is 597 g/mol. The molecule has 3 aromatic carbocycles. The van der Waals surface area contributed by atoms with E-state index in [1.165, 1.54) is 11.1 Å². The van der Waals surface area contributed by atoms with Crippen molar-refractivity contribution >= 4 is 27.3 Å². The summed E-state index contributed by atoms with van der Waals surface area (Å²) in [5, 5.41) is 0. The largest absolute Gasteiger partial charge is 0.439 e. The first kappa shape index (κ1) is 28.9. The maximum absolute atomic E-state index is 14.1. The Morgan fingerprint density at radius 3 is 2.35 bits per heavy atom. The first-order chi connectivity index (χ1) is 20.8. The highest BCUT2D eigenvalue weighted by Gasteiger charge is 2.36. The molecule has 222 valence electrons. The fourth-order valence-electron chi connectivity index (χ4n) is 6.17. The number of ether oxygens (including phenoxy) is 1. The maximum Gasteiger partial charge on any atom is 0.234 e. The molecule has 1 aliphatic carbocycles. The fourth-order valence-corrected chi connectivity index (χ4v) is 6.74. The molecule has 4 aromatic rings. The Morgan fingerprint density at radius 1 is 0.930 bits per heavy atom. The summed E-state index contributed by atoms with van der Waals surface area (Å²) in [5.41, 5.74) is 5.04. The van der Waals surface area contributed by atoms with Gasteiger partial charge in [0.1, 0.15) is 5.75 Å². The highest BCUT2D eigenvalue weighted by molar-refractivity contribution is 7.92. The topological polar surface area (TPSA) is 91.8 Å². The van der Waals surface area contributed by atoms with Gasteiger partial charge in [-0.15, -0.1) is 0 Å². The number of para-hydroxylation sites is 1. The molecule has 1 aromatic heterocycles. The molecular formula is C34H36N4O4S. The normalized spacial score (nSPS) is 17.3. The Balaban J connectivity index is 1.06. The number of rotatable bonds is 9. The molecule has 1 saturated heterocycles. The van der Waals surface area contributed by atoms with Crippen LogP contribution in [0, 0.1) is 0 Å². The quantitative estimate of drug-likeness (QED) is 0.256. The molecule has 1 fully saturated rings. The molecule has 9 heteroatoms. The Morgan fingerprint density at radius 2 is 1.65 bits per heavy atom. The number of carbonyl (C=O) groups is 1. The van der Waals surface area contributed by atoms with Crippen molar-refractivity contribution in [1.82, 2.24) is 9.88 Å². The number of aryl methyl sites for hydroxylation is 1. The molecule has 1 aliphatic heterocycles. The van der Waals surface area contributed by atoms with E-state index in [1.54, 1.807) is 24.3 Å². The van der Waals surface area contributed by atoms with Crippen molar-refractivity contribution in [2.45, 2.75) is 44.2 Å². The van der Waals surface area contributed by atoms with Crippen LogP contribution in [0.1, 0.15) is 41.9 Å². The smallest absolute Gasteiger partial charge is 0.234 e. The summed E-state index contributed by atoms with van der Waals surface area (Å²) >= 11 is 0. The van der Waals surface area contributed by atoms with Gasteiger partial charge in [-0.2, -0.15) is 0 Å². The van der Waals surface area contributed by atoms with Crippen LogP contribution >= 0.6 is 0 Å². The lowest BCUT2D eigenvalue weighted by Gasteiger charge is -2.39. The summed E-state index contributed by atoms with van der Waals surface area (Å²) in [4.78, 5) is 23.1. The van der Waals surface area contributed by atoms with Crippen LogP contribution in [0.5, 0.6) is 11.6 Å². The number of likely N-dealkylation sites (tertiary alicyclic amines) is 1. The molecular weight excluding hydrogens is 560 g/mol. The Labute approximate surface area is 253 Å². The summed E-state index contributed by atoms with van der Waals surface area (Å²) in [6.45, 7) is 2.57. The zero-order valence-corrected chi connectivity index (χ0v) is 25.0. The van der Waals surface area contributed by atoms with Crippen LogP contribution in [-0.4, -0.2) is 49.6 Å². The summed E-state index contributed by atoms with van der Waals surface area (Å²) in [6, 6.07) is 29.2. The van der Waals surface area contributed by atoms with Gasteiger partial charge in [0.2, 0.25) is 21.8 Å². The van der Waals surface area contributed by atoms with Crippen LogP contribution in [0.25, 0.3) is 0 Å². The van der Waals surface area contributed by atoms with Crippen LogP contribution < -0.4 is 14.4 Å². The molecule has 6 rings (SSSR count). The van der Waals surface area contributed by atoms with Crippen molar-refractivity contribution in [3.8, 4) is 11.6 Å². The molecule has 1 unspecified atom stereocenters. The van der Waals surface area contributed by atoms with Crippen molar-refractivity contribution in [1.29, 1.82) is 0 Å². The number of piperidine rings is 1. The lowest BCUT2D eigenvalue weighted by Crippen LogP contribution is -2.48. The number of aromatic nitrogens is 1. The third-order valence-corrected chi connectivity index (χ3v) is 8.82. The molecule has 0 radical (unpaired) electrons. The Hall–Kier alpha value is -4.21. The van der Waals surface area contributed by atoms with E-state index in [2.05, 4.69) is 49.8 Å². The third-order valence-electron chi connectivity index (χ3n) is 8.21. The van der Waals surface area contributed by atoms with E-state index in [-0.39, 0.29) is 17.9 Å². The average Bonchev–Trinajstić information content (AvgIpc) is 3.44. The number of fused-ring (bicyclic) bond motifs is 1. The molecule has 2 aliphatic rings. The molecule has 43 heavy (non-hydrogen) atoms. The predicted octanol–water partition coefficient (Wildman–Crippen LogP) is 5.97. The minimum Gasteiger partial charge on any atom is -0.439 e. The Kier molecular flexibility index (Phi) is 8.44. The molecule has 0 saturated carbocycles. The van der Waals surface area contributed by atoms with E-state index >= 15 is 0 Å². The van der Waals surface area contributed by atoms with Crippen LogP contribution in [0.15, 0.2) is 97.2 Å². The summed E-state index contributed by atoms with van der Waals surface area (Å²) in [5.74, 6) is 1.18. The van der Waals surface area contributed by atoms with Gasteiger partial charge in [-0.25, -0.2) is 13.4 Å². The van der Waals surface area contributed by atoms with Crippen molar-refractivity contribution < 1.29 is 17.9 Å². The van der Waals surface area contributed by atoms with Gasteiger partial charge in [0.05, 0.1) is 12.2 Å². The van der Waals surface area contributed by atoms with Crippen LogP contribution in [0.2, 0.25) is 0 Å². The van der Waals surface area contributed by atoms with Crippen LogP contribution in [-0.2, 0) is 27.8 Å². The number of anilines is 2. The molecule has 1 atom stereocenters. The van der Waals surface area contributed by atoms with Gasteiger partial charge < -0.3 is 9.64 Å². The van der Waals surface area contributed by atoms with Crippen molar-refractivity contribution in [2.75, 3.05) is 29.0 Å². The minimum atomic E-state index is -3.33. The zero-order valence-electron chi connectivity index (χ0n) is 24.2. The monoisotopic (exact) mass is 596 g/mol. The predicted molar refractivity (Wildman–Crippen MR) is 169 cm³/mol. The fraction of sp³-hybridized carbons (Fsp3) is 0.294. The van der Waals surface area contributed by atoms with Crippen LogP contribution in [0.4, 0.5) is 11.4 Å². The SMILES string of the molecule is CS(=O)(=O)Nc1ccc(Oc2ccc(CN3CCC(N(C(=O)C4CCc5ccccc54)c4ccccc4)CC3)cn2)cc1. The summed E-state index contributed by atoms with van der Waals surface area (Å²) in [6.07, 6.45) is 6.60. The van der Waals surface area contributed by atoms with Gasteiger partial charge in [0.25, 0.3) is 0 Å². The number of benzene rings is 3. The summed E-state index contributed by atoms with van der Waals surface area (Å²) in [7, 11) is -3.33. The molecule has 0 bridgehead atoms.